The van der Waals surface area contributed by atoms with E-state index in [0.29, 0.717) is 17.2 Å². The summed E-state index contributed by atoms with van der Waals surface area (Å²) >= 11 is 0. The topological polar surface area (TPSA) is 58.4 Å². The third kappa shape index (κ3) is 3.47. The summed E-state index contributed by atoms with van der Waals surface area (Å²) in [5, 5.41) is 3.01. The van der Waals surface area contributed by atoms with Gasteiger partial charge in [-0.3, -0.25) is 4.79 Å². The number of hydrogen-bond acceptors (Lipinski definition) is 3. The molecule has 3 N–H and O–H groups in total. The zero-order chi connectivity index (χ0) is 13.8. The molecule has 1 saturated heterocycles. The predicted octanol–water partition coefficient (Wildman–Crippen LogP) is 1.65. The average molecular weight is 261 g/mol. The van der Waals surface area contributed by atoms with Crippen LogP contribution in [-0.2, 0) is 0 Å². The van der Waals surface area contributed by atoms with Gasteiger partial charge < -0.3 is 16.0 Å². The van der Waals surface area contributed by atoms with Crippen LogP contribution in [0.25, 0.3) is 0 Å². The van der Waals surface area contributed by atoms with Gasteiger partial charge in [0, 0.05) is 24.3 Å². The molecule has 1 fully saturated rings. The molecule has 1 aromatic rings. The minimum Gasteiger partial charge on any atom is -0.398 e. The number of nitrogens with one attached hydrogen (secondary N) is 1. The number of nitrogens with zero attached hydrogens (tertiary/aromatic N) is 1. The molecule has 19 heavy (non-hydrogen) atoms. The molecule has 1 aliphatic heterocycles. The molecule has 4 heteroatoms. The SMILES string of the molecule is CCN1CCC(CNC(=O)c2ccc(C)c(N)c2)C1. The molecule has 1 heterocycles. The number of hydrogen-bond donors (Lipinski definition) is 2. The van der Waals surface area contributed by atoms with Crippen LogP contribution in [0, 0.1) is 12.8 Å². The lowest BCUT2D eigenvalue weighted by Crippen LogP contribution is -2.31. The van der Waals surface area contributed by atoms with Crippen LogP contribution < -0.4 is 11.1 Å². The predicted molar refractivity (Wildman–Crippen MR) is 78.1 cm³/mol. The maximum Gasteiger partial charge on any atom is 0.251 e. The van der Waals surface area contributed by atoms with Gasteiger partial charge in [0.1, 0.15) is 0 Å². The second kappa shape index (κ2) is 6.06. The Bertz CT molecular complexity index is 459. The maximum absolute atomic E-state index is 12.0. The van der Waals surface area contributed by atoms with Gasteiger partial charge in [0.25, 0.3) is 5.91 Å². The van der Waals surface area contributed by atoms with Crippen molar-refractivity contribution in [3.05, 3.63) is 29.3 Å². The molecule has 1 aromatic carbocycles. The van der Waals surface area contributed by atoms with E-state index >= 15 is 0 Å². The Balaban J connectivity index is 1.86. The highest BCUT2D eigenvalue weighted by molar-refractivity contribution is 5.95. The van der Waals surface area contributed by atoms with Crippen LogP contribution in [0.2, 0.25) is 0 Å². The van der Waals surface area contributed by atoms with Crippen LogP contribution in [0.15, 0.2) is 18.2 Å². The molecule has 104 valence electrons. The highest BCUT2D eigenvalue weighted by atomic mass is 16.1. The maximum atomic E-state index is 12.0. The van der Waals surface area contributed by atoms with Gasteiger partial charge in [-0.1, -0.05) is 13.0 Å². The number of nitrogens with two attached hydrogens (primary N) is 1. The Morgan fingerprint density at radius 1 is 1.53 bits per heavy atom. The summed E-state index contributed by atoms with van der Waals surface area (Å²) in [6.45, 7) is 8.20. The van der Waals surface area contributed by atoms with Crippen molar-refractivity contribution in [2.45, 2.75) is 20.3 Å². The van der Waals surface area contributed by atoms with Crippen molar-refractivity contribution in [3.63, 3.8) is 0 Å². The average Bonchev–Trinajstić information content (AvgIpc) is 2.87. The van der Waals surface area contributed by atoms with E-state index in [1.165, 1.54) is 6.42 Å². The van der Waals surface area contributed by atoms with Crippen molar-refractivity contribution in [2.75, 3.05) is 31.9 Å². The standard InChI is InChI=1S/C15H23N3O/c1-3-18-7-6-12(10-18)9-17-15(19)13-5-4-11(2)14(16)8-13/h4-5,8,12H,3,6-7,9-10,16H2,1-2H3,(H,17,19). The largest absolute Gasteiger partial charge is 0.398 e. The van der Waals surface area contributed by atoms with E-state index < -0.39 is 0 Å². The van der Waals surface area contributed by atoms with Crippen LogP contribution in [-0.4, -0.2) is 37.0 Å². The van der Waals surface area contributed by atoms with E-state index in [0.717, 1.165) is 31.7 Å². The number of aryl methyl sites for hydroxylation is 1. The second-order valence-electron chi connectivity index (χ2n) is 5.33. The van der Waals surface area contributed by atoms with Gasteiger partial charge in [-0.2, -0.15) is 0 Å². The van der Waals surface area contributed by atoms with Crippen LogP contribution in [0.5, 0.6) is 0 Å². The summed E-state index contributed by atoms with van der Waals surface area (Å²) in [5.41, 5.74) is 8.15. The van der Waals surface area contributed by atoms with Gasteiger partial charge in [-0.25, -0.2) is 0 Å². The van der Waals surface area contributed by atoms with Crippen LogP contribution in [0.4, 0.5) is 5.69 Å². The molecule has 1 aliphatic rings. The molecule has 0 spiro atoms. The van der Waals surface area contributed by atoms with Gasteiger partial charge in [0.05, 0.1) is 0 Å². The summed E-state index contributed by atoms with van der Waals surface area (Å²) in [7, 11) is 0. The fourth-order valence-corrected chi connectivity index (χ4v) is 2.49. The first-order chi connectivity index (χ1) is 9.10. The van der Waals surface area contributed by atoms with Crippen molar-refractivity contribution < 1.29 is 4.79 Å². The Labute approximate surface area is 115 Å². The van der Waals surface area contributed by atoms with Crippen molar-refractivity contribution in [2.24, 2.45) is 5.92 Å². The third-order valence-corrected chi connectivity index (χ3v) is 3.91. The van der Waals surface area contributed by atoms with Gasteiger partial charge in [0.15, 0.2) is 0 Å². The highest BCUT2D eigenvalue weighted by Crippen LogP contribution is 2.16. The van der Waals surface area contributed by atoms with E-state index in [1.54, 1.807) is 6.07 Å². The Kier molecular flexibility index (Phi) is 4.43. The van der Waals surface area contributed by atoms with E-state index in [4.69, 9.17) is 5.73 Å². The number of carbonyl (C=O) groups is 1. The lowest BCUT2D eigenvalue weighted by atomic mass is 10.1. The number of likely N-dealkylation sites (tertiary alicyclic amines) is 1. The fraction of sp³-hybridized carbons (Fsp3) is 0.533. The number of carbonyl (C=O) groups excluding carboxylic acids is 1. The van der Waals surface area contributed by atoms with Crippen molar-refractivity contribution in [1.29, 1.82) is 0 Å². The van der Waals surface area contributed by atoms with Gasteiger partial charge >= 0.3 is 0 Å². The monoisotopic (exact) mass is 261 g/mol. The zero-order valence-electron chi connectivity index (χ0n) is 11.8. The molecular formula is C15H23N3O. The van der Waals surface area contributed by atoms with Crippen molar-refractivity contribution >= 4 is 11.6 Å². The van der Waals surface area contributed by atoms with Gasteiger partial charge in [-0.05, 0) is 50.0 Å². The molecule has 1 atom stereocenters. The normalized spacial score (nSPS) is 19.6. The molecule has 0 radical (unpaired) electrons. The molecule has 0 bridgehead atoms. The van der Waals surface area contributed by atoms with E-state index in [2.05, 4.69) is 17.1 Å². The Morgan fingerprint density at radius 3 is 2.95 bits per heavy atom. The van der Waals surface area contributed by atoms with Gasteiger partial charge in [0.2, 0.25) is 0 Å². The number of benzene rings is 1. The van der Waals surface area contributed by atoms with Gasteiger partial charge in [-0.15, -0.1) is 0 Å². The first-order valence-electron chi connectivity index (χ1n) is 6.96. The fourth-order valence-electron chi connectivity index (χ4n) is 2.49. The third-order valence-electron chi connectivity index (χ3n) is 3.91. The quantitative estimate of drug-likeness (QED) is 0.810. The van der Waals surface area contributed by atoms with E-state index in [-0.39, 0.29) is 5.91 Å². The molecule has 4 nitrogen and oxygen atoms in total. The summed E-state index contributed by atoms with van der Waals surface area (Å²) in [5.74, 6) is 0.549. The van der Waals surface area contributed by atoms with Crippen LogP contribution >= 0.6 is 0 Å². The number of amides is 1. The van der Waals surface area contributed by atoms with Crippen LogP contribution in [0.3, 0.4) is 0 Å². The molecule has 1 amide bonds. The minimum absolute atomic E-state index is 0.0263. The zero-order valence-corrected chi connectivity index (χ0v) is 11.8. The lowest BCUT2D eigenvalue weighted by Gasteiger charge is -2.14. The number of rotatable bonds is 4. The minimum atomic E-state index is -0.0263. The summed E-state index contributed by atoms with van der Waals surface area (Å²) in [4.78, 5) is 14.5. The number of nitrogen functional groups attached to an aromatic ring is 1. The Hall–Kier alpha value is -1.55. The highest BCUT2D eigenvalue weighted by Gasteiger charge is 2.21. The second-order valence-corrected chi connectivity index (χ2v) is 5.33. The summed E-state index contributed by atoms with van der Waals surface area (Å²) in [6, 6.07) is 5.46. The van der Waals surface area contributed by atoms with Crippen LogP contribution in [0.1, 0.15) is 29.3 Å². The van der Waals surface area contributed by atoms with Crippen molar-refractivity contribution in [1.82, 2.24) is 10.2 Å². The first kappa shape index (κ1) is 13.9. The first-order valence-corrected chi connectivity index (χ1v) is 6.96. The van der Waals surface area contributed by atoms with E-state index in [1.807, 2.05) is 19.1 Å². The number of anilines is 1. The molecule has 1 unspecified atom stereocenters. The summed E-state index contributed by atoms with van der Waals surface area (Å²) in [6.07, 6.45) is 1.17. The Morgan fingerprint density at radius 2 is 2.32 bits per heavy atom. The van der Waals surface area contributed by atoms with Crippen molar-refractivity contribution in [3.8, 4) is 0 Å². The molecule has 0 aromatic heterocycles. The molecule has 0 aliphatic carbocycles. The summed E-state index contributed by atoms with van der Waals surface area (Å²) < 4.78 is 0. The molecule has 2 rings (SSSR count). The van der Waals surface area contributed by atoms with E-state index in [9.17, 15) is 4.79 Å². The lowest BCUT2D eigenvalue weighted by molar-refractivity contribution is 0.0947. The molecular weight excluding hydrogens is 238 g/mol. The molecule has 0 saturated carbocycles. The smallest absolute Gasteiger partial charge is 0.251 e.